The van der Waals surface area contributed by atoms with Gasteiger partial charge in [-0.25, -0.2) is 4.90 Å². The molecule has 1 N–H and O–H groups in total. The van der Waals surface area contributed by atoms with Crippen molar-refractivity contribution in [1.29, 1.82) is 0 Å². The molecule has 0 spiro atoms. The molecule has 7 nitrogen and oxygen atoms in total. The number of hydrogen-bond acceptors (Lipinski definition) is 5. The highest BCUT2D eigenvalue weighted by Crippen LogP contribution is 2.38. The Morgan fingerprint density at radius 1 is 1.23 bits per heavy atom. The molecular formula is C22H23N4O3S+. The third kappa shape index (κ3) is 3.37. The van der Waals surface area contributed by atoms with Gasteiger partial charge >= 0.3 is 11.3 Å². The Balaban J connectivity index is 2.06. The van der Waals surface area contributed by atoms with Gasteiger partial charge in [-0.2, -0.15) is 0 Å². The van der Waals surface area contributed by atoms with Crippen molar-refractivity contribution in [2.45, 2.75) is 31.6 Å². The number of thioether (sulfide) groups is 1. The lowest BCUT2D eigenvalue weighted by Crippen LogP contribution is -2.60. The first kappa shape index (κ1) is 20.2. The van der Waals surface area contributed by atoms with Crippen molar-refractivity contribution in [3.63, 3.8) is 0 Å². The maximum atomic E-state index is 13.1. The van der Waals surface area contributed by atoms with Crippen LogP contribution in [0.2, 0.25) is 0 Å². The highest BCUT2D eigenvalue weighted by Gasteiger charge is 2.45. The summed E-state index contributed by atoms with van der Waals surface area (Å²) in [6.45, 7) is 3.83. The summed E-state index contributed by atoms with van der Waals surface area (Å²) in [7, 11) is 1.60. The maximum Gasteiger partial charge on any atom is 0.325 e. The number of nitrogens with one attached hydrogen (secondary N) is 1. The topological polar surface area (TPSA) is 79.2 Å². The maximum absolute atomic E-state index is 13.1. The Bertz CT molecular complexity index is 1160. The van der Waals surface area contributed by atoms with E-state index in [-0.39, 0.29) is 11.5 Å². The Kier molecular flexibility index (Phi) is 5.59. The van der Waals surface area contributed by atoms with Gasteiger partial charge in [0.25, 0.3) is 6.17 Å². The number of carbonyl (C=O) groups is 1. The van der Waals surface area contributed by atoms with Crippen molar-refractivity contribution in [2.24, 2.45) is 0 Å². The summed E-state index contributed by atoms with van der Waals surface area (Å²) in [4.78, 5) is 30.8. The number of H-pyrrole nitrogens is 1. The van der Waals surface area contributed by atoms with E-state index >= 15 is 0 Å². The average Bonchev–Trinajstić information content (AvgIpc) is 2.77. The Morgan fingerprint density at radius 2 is 2.03 bits per heavy atom. The van der Waals surface area contributed by atoms with Gasteiger partial charge in [-0.05, 0) is 40.8 Å². The van der Waals surface area contributed by atoms with Gasteiger partial charge in [0.05, 0.1) is 18.4 Å². The van der Waals surface area contributed by atoms with Gasteiger partial charge in [-0.3, -0.25) is 14.6 Å². The molecule has 1 amide bonds. The largest absolute Gasteiger partial charge is 0.497 e. The number of aromatic nitrogens is 3. The van der Waals surface area contributed by atoms with E-state index in [0.29, 0.717) is 34.3 Å². The Labute approximate surface area is 178 Å². The van der Waals surface area contributed by atoms with E-state index in [2.05, 4.69) is 4.98 Å². The lowest BCUT2D eigenvalue weighted by Gasteiger charge is -2.32. The summed E-state index contributed by atoms with van der Waals surface area (Å²) in [6.07, 6.45) is -0.277. The summed E-state index contributed by atoms with van der Waals surface area (Å²) < 4.78 is 7.07. The summed E-state index contributed by atoms with van der Waals surface area (Å²) in [6, 6.07) is 15.0. The number of fused-ring (bicyclic) bond motifs is 3. The van der Waals surface area contributed by atoms with E-state index in [9.17, 15) is 9.59 Å². The number of anilines is 1. The van der Waals surface area contributed by atoms with Crippen LogP contribution in [0.25, 0.3) is 11.3 Å². The first-order valence-electron chi connectivity index (χ1n) is 9.83. The molecule has 0 fully saturated rings. The Hall–Kier alpha value is -3.13. The molecule has 2 aromatic carbocycles. The van der Waals surface area contributed by atoms with Crippen LogP contribution < -0.4 is 19.9 Å². The van der Waals surface area contributed by atoms with Crippen LogP contribution in [0, 0.1) is 0 Å². The SMILES string of the molecule is CCSc1n[n+]2c(c(=O)[nH]1)-c1ccccc1N(C(=O)CC)C2c1cccc(OC)c1. The molecule has 1 aliphatic heterocycles. The number of benzene rings is 2. The molecule has 0 saturated heterocycles. The quantitative estimate of drug-likeness (QED) is 0.504. The third-order valence-corrected chi connectivity index (χ3v) is 5.75. The Morgan fingerprint density at radius 3 is 2.77 bits per heavy atom. The predicted molar refractivity (Wildman–Crippen MR) is 116 cm³/mol. The van der Waals surface area contributed by atoms with Gasteiger partial charge < -0.3 is 4.74 Å². The minimum absolute atomic E-state index is 0.0554. The van der Waals surface area contributed by atoms with E-state index in [1.165, 1.54) is 11.8 Å². The van der Waals surface area contributed by atoms with Crippen LogP contribution in [0.15, 0.2) is 58.5 Å². The second-order valence-corrected chi connectivity index (χ2v) is 8.02. The first-order chi connectivity index (χ1) is 14.6. The normalized spacial score (nSPS) is 14.8. The number of hydrogen-bond donors (Lipinski definition) is 1. The highest BCUT2D eigenvalue weighted by atomic mass is 32.2. The summed E-state index contributed by atoms with van der Waals surface area (Å²) in [5.74, 6) is 1.38. The lowest BCUT2D eigenvalue weighted by molar-refractivity contribution is -0.763. The number of methoxy groups -OCH3 is 1. The summed E-state index contributed by atoms with van der Waals surface area (Å²) in [5, 5.41) is 5.25. The summed E-state index contributed by atoms with van der Waals surface area (Å²) in [5.41, 5.74) is 2.38. The monoisotopic (exact) mass is 423 g/mol. The van der Waals surface area contributed by atoms with Crippen molar-refractivity contribution in [3.05, 3.63) is 64.4 Å². The predicted octanol–water partition coefficient (Wildman–Crippen LogP) is 3.15. The van der Waals surface area contributed by atoms with Crippen LogP contribution in [0.5, 0.6) is 5.75 Å². The van der Waals surface area contributed by atoms with Crippen LogP contribution in [0.4, 0.5) is 5.69 Å². The van der Waals surface area contributed by atoms with Gasteiger partial charge in [-0.1, -0.05) is 43.8 Å². The molecule has 2 heterocycles. The molecule has 0 radical (unpaired) electrons. The zero-order valence-corrected chi connectivity index (χ0v) is 17.9. The molecule has 8 heteroatoms. The number of amides is 1. The molecule has 3 aromatic rings. The van der Waals surface area contributed by atoms with Gasteiger partial charge in [0.1, 0.15) is 5.75 Å². The lowest BCUT2D eigenvalue weighted by atomic mass is 10.0. The van der Waals surface area contributed by atoms with E-state index in [1.807, 2.05) is 62.4 Å². The van der Waals surface area contributed by atoms with Crippen molar-refractivity contribution >= 4 is 23.4 Å². The van der Waals surface area contributed by atoms with Crippen LogP contribution in [0.1, 0.15) is 32.0 Å². The van der Waals surface area contributed by atoms with E-state index < -0.39 is 6.17 Å². The third-order valence-electron chi connectivity index (χ3n) is 5.00. The number of rotatable bonds is 5. The van der Waals surface area contributed by atoms with Crippen LogP contribution >= 0.6 is 11.8 Å². The van der Waals surface area contributed by atoms with Crippen LogP contribution in [-0.4, -0.2) is 28.9 Å². The molecule has 4 rings (SSSR count). The number of aromatic amines is 1. The highest BCUT2D eigenvalue weighted by molar-refractivity contribution is 7.99. The second-order valence-electron chi connectivity index (χ2n) is 6.77. The smallest absolute Gasteiger partial charge is 0.325 e. The number of para-hydroxylation sites is 1. The molecule has 1 atom stereocenters. The van der Waals surface area contributed by atoms with Crippen molar-refractivity contribution in [1.82, 2.24) is 10.1 Å². The number of carbonyl (C=O) groups excluding carboxylic acids is 1. The zero-order chi connectivity index (χ0) is 21.3. The summed E-state index contributed by atoms with van der Waals surface area (Å²) >= 11 is 1.45. The molecular weight excluding hydrogens is 400 g/mol. The number of ether oxygens (including phenoxy) is 1. The van der Waals surface area contributed by atoms with Crippen molar-refractivity contribution in [2.75, 3.05) is 17.8 Å². The molecule has 154 valence electrons. The fourth-order valence-corrected chi connectivity index (χ4v) is 4.30. The standard InChI is InChI=1S/C22H22N4O3S/c1-4-18(27)25-17-12-7-6-11-16(17)19-20(28)23-22(30-5-2)24-26(19)21(25)14-9-8-10-15(13-14)29-3/h6-13,21H,4-5H2,1-3H3/p+1. The molecule has 1 unspecified atom stereocenters. The van der Waals surface area contributed by atoms with E-state index in [4.69, 9.17) is 9.84 Å². The van der Waals surface area contributed by atoms with Gasteiger partial charge in [0.2, 0.25) is 11.1 Å². The first-order valence-corrected chi connectivity index (χ1v) is 10.8. The second kappa shape index (κ2) is 8.31. The van der Waals surface area contributed by atoms with E-state index in [1.54, 1.807) is 16.7 Å². The van der Waals surface area contributed by atoms with Gasteiger partial charge in [0.15, 0.2) is 0 Å². The van der Waals surface area contributed by atoms with Gasteiger partial charge in [-0.15, -0.1) is 0 Å². The molecule has 1 aromatic heterocycles. The molecule has 0 aliphatic carbocycles. The molecule has 30 heavy (non-hydrogen) atoms. The number of nitrogens with zero attached hydrogens (tertiary/aromatic N) is 3. The van der Waals surface area contributed by atoms with Gasteiger partial charge in [0, 0.05) is 17.1 Å². The fraction of sp³-hybridized carbons (Fsp3) is 0.273. The molecule has 0 bridgehead atoms. The van der Waals surface area contributed by atoms with Crippen molar-refractivity contribution in [3.8, 4) is 17.0 Å². The minimum atomic E-state index is -0.601. The molecule has 1 aliphatic rings. The fourth-order valence-electron chi connectivity index (χ4n) is 3.72. The average molecular weight is 424 g/mol. The zero-order valence-electron chi connectivity index (χ0n) is 17.1. The minimum Gasteiger partial charge on any atom is -0.497 e. The van der Waals surface area contributed by atoms with Crippen LogP contribution in [-0.2, 0) is 4.79 Å². The van der Waals surface area contributed by atoms with E-state index in [0.717, 1.165) is 11.3 Å². The van der Waals surface area contributed by atoms with Crippen molar-refractivity contribution < 1.29 is 14.2 Å². The molecule has 0 saturated carbocycles. The van der Waals surface area contributed by atoms with Crippen LogP contribution in [0.3, 0.4) is 0 Å².